The summed E-state index contributed by atoms with van der Waals surface area (Å²) in [6.07, 6.45) is -0.457. The van der Waals surface area contributed by atoms with E-state index in [9.17, 15) is 9.90 Å². The van der Waals surface area contributed by atoms with E-state index in [1.54, 1.807) is 12.0 Å². The van der Waals surface area contributed by atoms with Crippen LogP contribution in [0.1, 0.15) is 20.3 Å². The molecule has 116 valence electrons. The average Bonchev–Trinajstić information content (AvgIpc) is 2.41. The maximum Gasteiger partial charge on any atom is 0.251 e. The zero-order valence-electron chi connectivity index (χ0n) is 12.8. The highest BCUT2D eigenvalue weighted by molar-refractivity contribution is 5.81. The Morgan fingerprint density at radius 3 is 2.52 bits per heavy atom. The number of amides is 1. The summed E-state index contributed by atoms with van der Waals surface area (Å²) in [7, 11) is 1.60. The summed E-state index contributed by atoms with van der Waals surface area (Å²) in [6.45, 7) is 4.98. The van der Waals surface area contributed by atoms with Gasteiger partial charge in [-0.1, -0.05) is 26.0 Å². The first-order valence-electron chi connectivity index (χ1n) is 7.27. The van der Waals surface area contributed by atoms with Crippen LogP contribution in [-0.2, 0) is 4.79 Å². The monoisotopic (exact) mass is 293 g/mol. The number of benzene rings is 1. The number of likely N-dealkylation sites (tertiary alicyclic amines) is 1. The molecule has 0 radical (unpaired) electrons. The van der Waals surface area contributed by atoms with E-state index in [4.69, 9.17) is 9.47 Å². The second-order valence-electron chi connectivity index (χ2n) is 5.78. The molecule has 1 fully saturated rings. The van der Waals surface area contributed by atoms with E-state index in [2.05, 4.69) is 0 Å². The molecule has 5 heteroatoms. The Morgan fingerprint density at radius 1 is 1.33 bits per heavy atom. The number of nitrogens with zero attached hydrogens (tertiary/aromatic N) is 1. The van der Waals surface area contributed by atoms with Gasteiger partial charge in [-0.15, -0.1) is 0 Å². The summed E-state index contributed by atoms with van der Waals surface area (Å²) < 4.78 is 11.0. The zero-order chi connectivity index (χ0) is 15.4. The van der Waals surface area contributed by atoms with Gasteiger partial charge in [-0.3, -0.25) is 4.79 Å². The lowest BCUT2D eigenvalue weighted by molar-refractivity contribution is -0.150. The predicted molar refractivity (Wildman–Crippen MR) is 79.5 cm³/mol. The molecule has 2 rings (SSSR count). The van der Waals surface area contributed by atoms with Crippen LogP contribution < -0.4 is 9.47 Å². The number of carbonyl (C=O) groups is 1. The van der Waals surface area contributed by atoms with Gasteiger partial charge in [0.1, 0.15) is 12.2 Å². The molecule has 1 aliphatic rings. The predicted octanol–water partition coefficient (Wildman–Crippen LogP) is 1.69. The first-order valence-corrected chi connectivity index (χ1v) is 7.27. The molecule has 1 atom stereocenters. The molecule has 0 aliphatic carbocycles. The number of aliphatic hydroxyl groups is 1. The van der Waals surface area contributed by atoms with Gasteiger partial charge in [0.2, 0.25) is 0 Å². The number of para-hydroxylation sites is 2. The Hall–Kier alpha value is -1.75. The van der Waals surface area contributed by atoms with Crippen LogP contribution in [0.15, 0.2) is 24.3 Å². The van der Waals surface area contributed by atoms with Crippen molar-refractivity contribution in [3.8, 4) is 11.5 Å². The fourth-order valence-corrected chi connectivity index (χ4v) is 2.35. The van der Waals surface area contributed by atoms with Gasteiger partial charge in [-0.05, 0) is 24.5 Å². The highest BCUT2D eigenvalue weighted by Gasteiger charge is 2.35. The molecule has 1 amide bonds. The summed E-state index contributed by atoms with van der Waals surface area (Å²) in [5.74, 6) is 1.45. The minimum Gasteiger partial charge on any atom is -0.493 e. The Kier molecular flexibility index (Phi) is 5.07. The van der Waals surface area contributed by atoms with Gasteiger partial charge in [0.25, 0.3) is 5.91 Å². The average molecular weight is 293 g/mol. The van der Waals surface area contributed by atoms with Crippen LogP contribution in [0.4, 0.5) is 0 Å². The summed E-state index contributed by atoms with van der Waals surface area (Å²) in [5, 5.41) is 9.83. The lowest BCUT2D eigenvalue weighted by Crippen LogP contribution is -2.58. The number of hydrogen-bond acceptors (Lipinski definition) is 4. The van der Waals surface area contributed by atoms with E-state index in [0.717, 1.165) is 0 Å². The quantitative estimate of drug-likeness (QED) is 0.867. The van der Waals surface area contributed by atoms with Gasteiger partial charge in [-0.2, -0.15) is 0 Å². The standard InChI is InChI=1S/C16H23NO4/c1-11(2)8-13(18)16(19)17-9-12(10-17)21-15-7-5-4-6-14(15)20-3/h4-7,11-13,18H,8-10H2,1-3H3/t13-/m1/s1. The molecule has 0 bridgehead atoms. The second-order valence-corrected chi connectivity index (χ2v) is 5.78. The molecule has 1 aromatic rings. The van der Waals surface area contributed by atoms with Crippen LogP contribution in [0.3, 0.4) is 0 Å². The molecule has 1 aliphatic heterocycles. The SMILES string of the molecule is COc1ccccc1OC1CN(C(=O)[C@H](O)CC(C)C)C1. The third kappa shape index (κ3) is 3.88. The van der Waals surface area contributed by atoms with Crippen molar-refractivity contribution in [2.75, 3.05) is 20.2 Å². The minimum atomic E-state index is -0.905. The van der Waals surface area contributed by atoms with E-state index in [1.165, 1.54) is 0 Å². The smallest absolute Gasteiger partial charge is 0.251 e. The maximum absolute atomic E-state index is 12.0. The van der Waals surface area contributed by atoms with Gasteiger partial charge in [0.15, 0.2) is 11.5 Å². The number of methoxy groups -OCH3 is 1. The summed E-state index contributed by atoms with van der Waals surface area (Å²) in [5.41, 5.74) is 0. The summed E-state index contributed by atoms with van der Waals surface area (Å²) in [6, 6.07) is 7.44. The van der Waals surface area contributed by atoms with Crippen molar-refractivity contribution in [3.63, 3.8) is 0 Å². The van der Waals surface area contributed by atoms with Gasteiger partial charge >= 0.3 is 0 Å². The molecule has 1 aromatic carbocycles. The number of rotatable bonds is 6. The highest BCUT2D eigenvalue weighted by Crippen LogP contribution is 2.28. The van der Waals surface area contributed by atoms with Crippen LogP contribution in [0.25, 0.3) is 0 Å². The normalized spacial score (nSPS) is 16.5. The highest BCUT2D eigenvalue weighted by atomic mass is 16.5. The van der Waals surface area contributed by atoms with Gasteiger partial charge in [-0.25, -0.2) is 0 Å². The number of aliphatic hydroxyl groups excluding tert-OH is 1. The maximum atomic E-state index is 12.0. The molecular weight excluding hydrogens is 270 g/mol. The van der Waals surface area contributed by atoms with Crippen molar-refractivity contribution in [1.29, 1.82) is 0 Å². The lowest BCUT2D eigenvalue weighted by atomic mass is 10.0. The minimum absolute atomic E-state index is 0.0449. The Bertz CT molecular complexity index is 483. The third-order valence-corrected chi connectivity index (χ3v) is 3.50. The Balaban J connectivity index is 1.82. The van der Waals surface area contributed by atoms with Crippen molar-refractivity contribution in [3.05, 3.63) is 24.3 Å². The van der Waals surface area contributed by atoms with Crippen molar-refractivity contribution < 1.29 is 19.4 Å². The first-order chi connectivity index (χ1) is 10.0. The van der Waals surface area contributed by atoms with Crippen molar-refractivity contribution >= 4 is 5.91 Å². The van der Waals surface area contributed by atoms with Crippen molar-refractivity contribution in [2.45, 2.75) is 32.5 Å². The molecule has 5 nitrogen and oxygen atoms in total. The second kappa shape index (κ2) is 6.80. The number of hydrogen-bond donors (Lipinski definition) is 1. The Labute approximate surface area is 125 Å². The fraction of sp³-hybridized carbons (Fsp3) is 0.562. The summed E-state index contributed by atoms with van der Waals surface area (Å²) >= 11 is 0. The largest absolute Gasteiger partial charge is 0.493 e. The molecule has 0 spiro atoms. The zero-order valence-corrected chi connectivity index (χ0v) is 12.8. The van der Waals surface area contributed by atoms with Crippen LogP contribution in [0.2, 0.25) is 0 Å². The molecular formula is C16H23NO4. The topological polar surface area (TPSA) is 59.0 Å². The molecule has 0 unspecified atom stereocenters. The Morgan fingerprint density at radius 2 is 1.95 bits per heavy atom. The molecule has 1 saturated heterocycles. The lowest BCUT2D eigenvalue weighted by Gasteiger charge is -2.40. The van der Waals surface area contributed by atoms with Crippen LogP contribution in [0.5, 0.6) is 11.5 Å². The number of carbonyl (C=O) groups excluding carboxylic acids is 1. The van der Waals surface area contributed by atoms with Crippen molar-refractivity contribution in [2.24, 2.45) is 5.92 Å². The van der Waals surface area contributed by atoms with Gasteiger partial charge < -0.3 is 19.5 Å². The van der Waals surface area contributed by atoms with E-state index in [0.29, 0.717) is 36.9 Å². The number of ether oxygens (including phenoxy) is 2. The van der Waals surface area contributed by atoms with Crippen LogP contribution in [-0.4, -0.2) is 48.3 Å². The molecule has 0 saturated carbocycles. The van der Waals surface area contributed by atoms with Gasteiger partial charge in [0.05, 0.1) is 20.2 Å². The van der Waals surface area contributed by atoms with Crippen molar-refractivity contribution in [1.82, 2.24) is 4.90 Å². The van der Waals surface area contributed by atoms with E-state index < -0.39 is 6.10 Å². The molecule has 0 aromatic heterocycles. The molecule has 21 heavy (non-hydrogen) atoms. The third-order valence-electron chi connectivity index (χ3n) is 3.50. The van der Waals surface area contributed by atoms with E-state index in [1.807, 2.05) is 38.1 Å². The fourth-order valence-electron chi connectivity index (χ4n) is 2.35. The summed E-state index contributed by atoms with van der Waals surface area (Å²) in [4.78, 5) is 13.6. The van der Waals surface area contributed by atoms with Crippen LogP contribution in [0, 0.1) is 5.92 Å². The van der Waals surface area contributed by atoms with Crippen LogP contribution >= 0.6 is 0 Å². The van der Waals surface area contributed by atoms with Gasteiger partial charge in [0, 0.05) is 0 Å². The van der Waals surface area contributed by atoms with E-state index in [-0.39, 0.29) is 12.0 Å². The first kappa shape index (κ1) is 15.6. The van der Waals surface area contributed by atoms with E-state index >= 15 is 0 Å². The molecule has 1 heterocycles. The molecule has 1 N–H and O–H groups in total.